The van der Waals surface area contributed by atoms with Gasteiger partial charge in [-0.15, -0.1) is 21.5 Å². The number of thiophene rings is 1. The first-order chi connectivity index (χ1) is 13.9. The topological polar surface area (TPSA) is 30.7 Å². The van der Waals surface area contributed by atoms with Gasteiger partial charge in [-0.25, -0.2) is 0 Å². The van der Waals surface area contributed by atoms with E-state index in [4.69, 9.17) is 11.6 Å². The number of benzene rings is 2. The average Bonchev–Trinajstić information content (AvgIpc) is 3.36. The number of halogens is 1. The van der Waals surface area contributed by atoms with Crippen molar-refractivity contribution in [1.29, 1.82) is 0 Å². The molecule has 0 atom stereocenters. The Morgan fingerprint density at radius 3 is 2.31 bits per heavy atom. The lowest BCUT2D eigenvalue weighted by atomic mass is 9.87. The van der Waals surface area contributed by atoms with Crippen LogP contribution in [0.25, 0.3) is 16.4 Å². The first-order valence-corrected chi connectivity index (χ1v) is 11.6. The fraction of sp³-hybridized carbons (Fsp3) is 0.217. The second-order valence-electron chi connectivity index (χ2n) is 7.83. The van der Waals surface area contributed by atoms with Gasteiger partial charge >= 0.3 is 0 Å². The Labute approximate surface area is 184 Å². The lowest BCUT2D eigenvalue weighted by molar-refractivity contribution is 0.590. The van der Waals surface area contributed by atoms with Crippen LogP contribution in [0.3, 0.4) is 0 Å². The Morgan fingerprint density at radius 2 is 1.69 bits per heavy atom. The molecule has 0 radical (unpaired) electrons. The zero-order valence-electron chi connectivity index (χ0n) is 16.6. The van der Waals surface area contributed by atoms with Crippen LogP contribution in [0.15, 0.2) is 71.2 Å². The molecule has 4 aromatic rings. The molecule has 148 valence electrons. The zero-order chi connectivity index (χ0) is 20.4. The lowest BCUT2D eigenvalue weighted by Gasteiger charge is -2.19. The standard InChI is InChI=1S/C23H22ClN3S2/c1-23(2,3)17-8-6-16(7-9-17)15-29-22-26-25-21(20-5-4-14-28-20)27(22)19-12-10-18(24)11-13-19/h4-14H,15H2,1-3H3. The monoisotopic (exact) mass is 439 g/mol. The molecule has 0 N–H and O–H groups in total. The van der Waals surface area contributed by atoms with Crippen molar-refractivity contribution in [2.24, 2.45) is 0 Å². The number of hydrogen-bond donors (Lipinski definition) is 0. The molecule has 29 heavy (non-hydrogen) atoms. The molecule has 0 amide bonds. The van der Waals surface area contributed by atoms with E-state index < -0.39 is 0 Å². The molecule has 2 aromatic heterocycles. The van der Waals surface area contributed by atoms with Gasteiger partial charge in [0.25, 0.3) is 0 Å². The van der Waals surface area contributed by atoms with Crippen LogP contribution in [0.2, 0.25) is 5.02 Å². The van der Waals surface area contributed by atoms with Gasteiger partial charge < -0.3 is 0 Å². The van der Waals surface area contributed by atoms with E-state index in [1.165, 1.54) is 11.1 Å². The molecule has 6 heteroatoms. The molecular weight excluding hydrogens is 418 g/mol. The van der Waals surface area contributed by atoms with Crippen molar-refractivity contribution in [2.45, 2.75) is 37.1 Å². The molecular formula is C23H22ClN3S2. The summed E-state index contributed by atoms with van der Waals surface area (Å²) in [7, 11) is 0. The molecule has 2 aromatic carbocycles. The van der Waals surface area contributed by atoms with Gasteiger partial charge in [-0.2, -0.15) is 0 Å². The van der Waals surface area contributed by atoms with E-state index in [9.17, 15) is 0 Å². The highest BCUT2D eigenvalue weighted by atomic mass is 35.5. The maximum Gasteiger partial charge on any atom is 0.196 e. The molecule has 3 nitrogen and oxygen atoms in total. The van der Waals surface area contributed by atoms with Crippen molar-refractivity contribution in [3.05, 3.63) is 82.2 Å². The van der Waals surface area contributed by atoms with Crippen molar-refractivity contribution >= 4 is 34.7 Å². The highest BCUT2D eigenvalue weighted by Gasteiger charge is 2.17. The number of aromatic nitrogens is 3. The van der Waals surface area contributed by atoms with Gasteiger partial charge in [0, 0.05) is 16.5 Å². The van der Waals surface area contributed by atoms with Gasteiger partial charge in [-0.05, 0) is 52.3 Å². The lowest BCUT2D eigenvalue weighted by Crippen LogP contribution is -2.10. The van der Waals surface area contributed by atoms with Gasteiger partial charge in [-0.3, -0.25) is 4.57 Å². The van der Waals surface area contributed by atoms with Gasteiger partial charge in [-0.1, -0.05) is 74.5 Å². The maximum absolute atomic E-state index is 6.09. The third kappa shape index (κ3) is 4.58. The van der Waals surface area contributed by atoms with Crippen LogP contribution in [0.1, 0.15) is 31.9 Å². The van der Waals surface area contributed by atoms with E-state index in [-0.39, 0.29) is 5.41 Å². The number of thioether (sulfide) groups is 1. The predicted octanol–water partition coefficient (Wildman–Crippen LogP) is 7.24. The van der Waals surface area contributed by atoms with E-state index >= 15 is 0 Å². The minimum Gasteiger partial charge on any atom is -0.269 e. The third-order valence-corrected chi connectivity index (χ3v) is 6.77. The Morgan fingerprint density at radius 1 is 0.966 bits per heavy atom. The van der Waals surface area contributed by atoms with Crippen molar-refractivity contribution in [2.75, 3.05) is 0 Å². The Balaban J connectivity index is 1.63. The summed E-state index contributed by atoms with van der Waals surface area (Å²) in [5.74, 6) is 1.69. The number of rotatable bonds is 5. The van der Waals surface area contributed by atoms with Gasteiger partial charge in [0.2, 0.25) is 0 Å². The van der Waals surface area contributed by atoms with Crippen LogP contribution in [0.5, 0.6) is 0 Å². The maximum atomic E-state index is 6.09. The van der Waals surface area contributed by atoms with E-state index in [2.05, 4.69) is 71.2 Å². The van der Waals surface area contributed by atoms with Crippen molar-refractivity contribution in [3.8, 4) is 16.4 Å². The molecule has 2 heterocycles. The molecule has 0 bridgehead atoms. The van der Waals surface area contributed by atoms with Gasteiger partial charge in [0.05, 0.1) is 4.88 Å². The van der Waals surface area contributed by atoms with Gasteiger partial charge in [0.1, 0.15) is 0 Å². The van der Waals surface area contributed by atoms with Crippen LogP contribution in [0, 0.1) is 0 Å². The molecule has 0 aliphatic heterocycles. The Hall–Kier alpha value is -2.08. The highest BCUT2D eigenvalue weighted by Crippen LogP contribution is 2.32. The van der Waals surface area contributed by atoms with E-state index in [0.717, 1.165) is 27.3 Å². The molecule has 0 saturated carbocycles. The van der Waals surface area contributed by atoms with E-state index in [1.807, 2.05) is 30.3 Å². The van der Waals surface area contributed by atoms with Crippen molar-refractivity contribution < 1.29 is 0 Å². The zero-order valence-corrected chi connectivity index (χ0v) is 19.0. The second kappa shape index (κ2) is 8.34. The minimum absolute atomic E-state index is 0.163. The average molecular weight is 440 g/mol. The summed E-state index contributed by atoms with van der Waals surface area (Å²) in [5.41, 5.74) is 3.78. The summed E-state index contributed by atoms with van der Waals surface area (Å²) < 4.78 is 2.11. The summed E-state index contributed by atoms with van der Waals surface area (Å²) in [6.07, 6.45) is 0. The highest BCUT2D eigenvalue weighted by molar-refractivity contribution is 7.98. The van der Waals surface area contributed by atoms with Crippen LogP contribution >= 0.6 is 34.7 Å². The van der Waals surface area contributed by atoms with Crippen LogP contribution in [0.4, 0.5) is 0 Å². The molecule has 0 saturated heterocycles. The summed E-state index contributed by atoms with van der Waals surface area (Å²) in [5, 5.41) is 12.6. The quantitative estimate of drug-likeness (QED) is 0.307. The predicted molar refractivity (Wildman–Crippen MR) is 124 cm³/mol. The van der Waals surface area contributed by atoms with Crippen LogP contribution in [-0.2, 0) is 11.2 Å². The van der Waals surface area contributed by atoms with E-state index in [1.54, 1.807) is 23.1 Å². The summed E-state index contributed by atoms with van der Waals surface area (Å²) in [6.45, 7) is 6.70. The summed E-state index contributed by atoms with van der Waals surface area (Å²) >= 11 is 9.45. The first-order valence-electron chi connectivity index (χ1n) is 9.39. The molecule has 0 unspecified atom stereocenters. The Bertz CT molecular complexity index is 1080. The molecule has 0 aliphatic rings. The number of nitrogens with zero attached hydrogens (tertiary/aromatic N) is 3. The summed E-state index contributed by atoms with van der Waals surface area (Å²) in [6, 6.07) is 20.8. The first kappa shape index (κ1) is 20.2. The molecule has 0 spiro atoms. The second-order valence-corrected chi connectivity index (χ2v) is 10.2. The molecule has 0 fully saturated rings. The molecule has 0 aliphatic carbocycles. The van der Waals surface area contributed by atoms with Crippen LogP contribution < -0.4 is 0 Å². The normalized spacial score (nSPS) is 11.7. The number of hydrogen-bond acceptors (Lipinski definition) is 4. The van der Waals surface area contributed by atoms with Crippen LogP contribution in [-0.4, -0.2) is 14.8 Å². The summed E-state index contributed by atoms with van der Waals surface area (Å²) in [4.78, 5) is 1.09. The largest absolute Gasteiger partial charge is 0.269 e. The Kier molecular flexibility index (Phi) is 5.81. The fourth-order valence-electron chi connectivity index (χ4n) is 3.00. The van der Waals surface area contributed by atoms with Crippen molar-refractivity contribution in [3.63, 3.8) is 0 Å². The smallest absolute Gasteiger partial charge is 0.196 e. The SMILES string of the molecule is CC(C)(C)c1ccc(CSc2nnc(-c3cccs3)n2-c2ccc(Cl)cc2)cc1. The van der Waals surface area contributed by atoms with Crippen molar-refractivity contribution in [1.82, 2.24) is 14.8 Å². The van der Waals surface area contributed by atoms with Gasteiger partial charge in [0.15, 0.2) is 11.0 Å². The minimum atomic E-state index is 0.163. The van der Waals surface area contributed by atoms with E-state index in [0.29, 0.717) is 5.02 Å². The molecule has 4 rings (SSSR count). The third-order valence-electron chi connectivity index (χ3n) is 4.65. The fourth-order valence-corrected chi connectivity index (χ4v) is 4.73.